The van der Waals surface area contributed by atoms with E-state index in [4.69, 9.17) is 4.74 Å². The summed E-state index contributed by atoms with van der Waals surface area (Å²) in [5.74, 6) is 0.598. The molecule has 23 heavy (non-hydrogen) atoms. The van der Waals surface area contributed by atoms with E-state index in [1.165, 1.54) is 5.56 Å². The largest absolute Gasteiger partial charge is 0.466 e. The van der Waals surface area contributed by atoms with E-state index >= 15 is 0 Å². The van der Waals surface area contributed by atoms with Gasteiger partial charge in [-0.25, -0.2) is 0 Å². The maximum Gasteiger partial charge on any atom is 0.305 e. The van der Waals surface area contributed by atoms with Crippen molar-refractivity contribution in [3.8, 4) is 0 Å². The van der Waals surface area contributed by atoms with Gasteiger partial charge in [0, 0.05) is 32.0 Å². The third-order valence-corrected chi connectivity index (χ3v) is 3.63. The summed E-state index contributed by atoms with van der Waals surface area (Å²) in [6.45, 7) is 8.10. The molecule has 1 aromatic rings. The lowest BCUT2D eigenvalue weighted by atomic mass is 9.85. The van der Waals surface area contributed by atoms with Crippen molar-refractivity contribution in [2.24, 2.45) is 4.99 Å². The Morgan fingerprint density at radius 1 is 1.22 bits per heavy atom. The zero-order chi connectivity index (χ0) is 17.1. The van der Waals surface area contributed by atoms with E-state index in [0.29, 0.717) is 19.6 Å². The summed E-state index contributed by atoms with van der Waals surface area (Å²) in [4.78, 5) is 15.5. The van der Waals surface area contributed by atoms with E-state index in [-0.39, 0.29) is 11.4 Å². The van der Waals surface area contributed by atoms with Gasteiger partial charge in [-0.3, -0.25) is 9.79 Å². The number of aliphatic imine (C=N–C) groups is 1. The average molecular weight is 319 g/mol. The van der Waals surface area contributed by atoms with Crippen LogP contribution < -0.4 is 10.6 Å². The van der Waals surface area contributed by atoms with E-state index in [2.05, 4.69) is 53.7 Å². The van der Waals surface area contributed by atoms with Gasteiger partial charge in [-0.1, -0.05) is 44.2 Å². The van der Waals surface area contributed by atoms with Crippen LogP contribution in [-0.4, -0.2) is 38.7 Å². The zero-order valence-corrected chi connectivity index (χ0v) is 14.7. The minimum atomic E-state index is -0.151. The summed E-state index contributed by atoms with van der Waals surface area (Å²) in [6, 6.07) is 10.4. The monoisotopic (exact) mass is 319 g/mol. The van der Waals surface area contributed by atoms with Crippen LogP contribution in [0.3, 0.4) is 0 Å². The van der Waals surface area contributed by atoms with Crippen molar-refractivity contribution in [2.45, 2.75) is 39.0 Å². The molecule has 1 rings (SSSR count). The topological polar surface area (TPSA) is 62.7 Å². The lowest BCUT2D eigenvalue weighted by Crippen LogP contribution is -2.43. The summed E-state index contributed by atoms with van der Waals surface area (Å²) in [5.41, 5.74) is 1.29. The number of ether oxygens (including phenoxy) is 1. The number of rotatable bonds is 8. The van der Waals surface area contributed by atoms with Crippen molar-refractivity contribution in [1.82, 2.24) is 10.6 Å². The molecule has 0 spiro atoms. The summed E-state index contributed by atoms with van der Waals surface area (Å²) < 4.78 is 4.90. The van der Waals surface area contributed by atoms with Crippen LogP contribution in [0.15, 0.2) is 35.3 Å². The fourth-order valence-corrected chi connectivity index (χ4v) is 2.19. The van der Waals surface area contributed by atoms with Gasteiger partial charge in [0.2, 0.25) is 0 Å². The molecule has 0 saturated carbocycles. The number of benzene rings is 1. The van der Waals surface area contributed by atoms with Gasteiger partial charge >= 0.3 is 5.97 Å². The first kappa shape index (κ1) is 19.0. The second kappa shape index (κ2) is 9.87. The number of hydrogen-bond donors (Lipinski definition) is 2. The van der Waals surface area contributed by atoms with Gasteiger partial charge < -0.3 is 15.4 Å². The Hall–Kier alpha value is -2.04. The molecule has 1 aromatic carbocycles. The summed E-state index contributed by atoms with van der Waals surface area (Å²) in [6.07, 6.45) is 1.15. The molecule has 0 aliphatic carbocycles. The van der Waals surface area contributed by atoms with Crippen LogP contribution in [0.5, 0.6) is 0 Å². The highest BCUT2D eigenvalue weighted by molar-refractivity contribution is 5.79. The van der Waals surface area contributed by atoms with E-state index in [0.717, 1.165) is 18.9 Å². The molecule has 0 bridgehead atoms. The maximum atomic E-state index is 11.3. The number of hydrogen-bond acceptors (Lipinski definition) is 3. The lowest BCUT2D eigenvalue weighted by molar-refractivity contribution is -0.143. The van der Waals surface area contributed by atoms with E-state index in [1.807, 2.05) is 13.0 Å². The van der Waals surface area contributed by atoms with Gasteiger partial charge in [0.15, 0.2) is 5.96 Å². The van der Waals surface area contributed by atoms with Crippen molar-refractivity contribution < 1.29 is 9.53 Å². The molecule has 0 amide bonds. The van der Waals surface area contributed by atoms with Gasteiger partial charge in [-0.2, -0.15) is 0 Å². The molecular weight excluding hydrogens is 290 g/mol. The molecular formula is C18H29N3O2. The zero-order valence-electron chi connectivity index (χ0n) is 14.7. The number of carbonyl (C=O) groups is 1. The second-order valence-corrected chi connectivity index (χ2v) is 6.01. The Bertz CT molecular complexity index is 498. The third kappa shape index (κ3) is 7.17. The van der Waals surface area contributed by atoms with Crippen molar-refractivity contribution in [3.63, 3.8) is 0 Å². The molecule has 0 aromatic heterocycles. The standard InChI is InChI=1S/C18H29N3O2/c1-5-23-16(22)12-9-13-20-17(19-4)21-14-18(2,3)15-10-7-6-8-11-15/h6-8,10-11H,5,9,12-14H2,1-4H3,(H2,19,20,21). The Morgan fingerprint density at radius 3 is 2.52 bits per heavy atom. The van der Waals surface area contributed by atoms with Crippen molar-refractivity contribution in [3.05, 3.63) is 35.9 Å². The molecule has 0 radical (unpaired) electrons. The number of nitrogens with one attached hydrogen (secondary N) is 2. The summed E-state index contributed by atoms with van der Waals surface area (Å²) >= 11 is 0. The van der Waals surface area contributed by atoms with Gasteiger partial charge in [-0.05, 0) is 18.9 Å². The Morgan fingerprint density at radius 2 is 1.91 bits per heavy atom. The van der Waals surface area contributed by atoms with Crippen molar-refractivity contribution in [2.75, 3.05) is 26.7 Å². The lowest BCUT2D eigenvalue weighted by Gasteiger charge is -2.26. The highest BCUT2D eigenvalue weighted by Crippen LogP contribution is 2.21. The fraction of sp³-hybridized carbons (Fsp3) is 0.556. The first-order chi connectivity index (χ1) is 11.0. The highest BCUT2D eigenvalue weighted by Gasteiger charge is 2.20. The third-order valence-electron chi connectivity index (χ3n) is 3.63. The molecule has 0 heterocycles. The molecule has 0 atom stereocenters. The Balaban J connectivity index is 2.35. The quantitative estimate of drug-likeness (QED) is 0.334. The fourth-order valence-electron chi connectivity index (χ4n) is 2.19. The van der Waals surface area contributed by atoms with Gasteiger partial charge in [0.05, 0.1) is 6.61 Å². The van der Waals surface area contributed by atoms with Crippen LogP contribution in [-0.2, 0) is 14.9 Å². The molecule has 5 heteroatoms. The molecule has 0 unspecified atom stereocenters. The van der Waals surface area contributed by atoms with Gasteiger partial charge in [0.25, 0.3) is 0 Å². The smallest absolute Gasteiger partial charge is 0.305 e. The predicted octanol–water partition coefficient (Wildman–Crippen LogP) is 2.47. The van der Waals surface area contributed by atoms with Crippen molar-refractivity contribution >= 4 is 11.9 Å². The van der Waals surface area contributed by atoms with Gasteiger partial charge in [-0.15, -0.1) is 0 Å². The average Bonchev–Trinajstić information content (AvgIpc) is 2.55. The molecule has 2 N–H and O–H groups in total. The van der Waals surface area contributed by atoms with Crippen LogP contribution in [0.2, 0.25) is 0 Å². The van der Waals surface area contributed by atoms with Crippen LogP contribution in [0.25, 0.3) is 0 Å². The van der Waals surface area contributed by atoms with Crippen LogP contribution in [0.4, 0.5) is 0 Å². The molecule has 0 fully saturated rings. The summed E-state index contributed by atoms with van der Waals surface area (Å²) in [5, 5.41) is 6.57. The number of carbonyl (C=O) groups excluding carboxylic acids is 1. The Kier molecular flexibility index (Phi) is 8.16. The van der Waals surface area contributed by atoms with Crippen LogP contribution in [0.1, 0.15) is 39.2 Å². The normalized spacial score (nSPS) is 11.9. The molecule has 128 valence electrons. The molecule has 0 aliphatic rings. The minimum absolute atomic E-state index is 0.00378. The first-order valence-corrected chi connectivity index (χ1v) is 8.15. The Labute approximate surface area is 139 Å². The van der Waals surface area contributed by atoms with E-state index in [9.17, 15) is 4.79 Å². The van der Waals surface area contributed by atoms with Crippen LogP contribution >= 0.6 is 0 Å². The highest BCUT2D eigenvalue weighted by atomic mass is 16.5. The van der Waals surface area contributed by atoms with Crippen molar-refractivity contribution in [1.29, 1.82) is 0 Å². The van der Waals surface area contributed by atoms with Gasteiger partial charge in [0.1, 0.15) is 0 Å². The van der Waals surface area contributed by atoms with E-state index in [1.54, 1.807) is 7.05 Å². The predicted molar refractivity (Wildman–Crippen MR) is 94.7 cm³/mol. The molecule has 0 aliphatic heterocycles. The van der Waals surface area contributed by atoms with E-state index < -0.39 is 0 Å². The number of guanidine groups is 1. The van der Waals surface area contributed by atoms with Crippen LogP contribution in [0, 0.1) is 0 Å². The first-order valence-electron chi connectivity index (χ1n) is 8.15. The molecule has 5 nitrogen and oxygen atoms in total. The molecule has 0 saturated heterocycles. The SMILES string of the molecule is CCOC(=O)CCCNC(=NC)NCC(C)(C)c1ccccc1. The summed E-state index contributed by atoms with van der Waals surface area (Å²) in [7, 11) is 1.75. The maximum absolute atomic E-state index is 11.3. The minimum Gasteiger partial charge on any atom is -0.466 e. The number of nitrogens with zero attached hydrogens (tertiary/aromatic N) is 1. The number of esters is 1. The second-order valence-electron chi connectivity index (χ2n) is 6.01.